The number of hydrogen-bond acceptors (Lipinski definition) is 1. The average Bonchev–Trinajstić information content (AvgIpc) is 2.64. The van der Waals surface area contributed by atoms with Crippen LogP contribution in [0.25, 0.3) is 6.08 Å². The third-order valence-electron chi connectivity index (χ3n) is 5.11. The van der Waals surface area contributed by atoms with Crippen LogP contribution in [0, 0.1) is 5.92 Å². The minimum atomic E-state index is -0.442. The van der Waals surface area contributed by atoms with E-state index in [-0.39, 0.29) is 17.4 Å². The molecule has 0 radical (unpaired) electrons. The van der Waals surface area contributed by atoms with Crippen LogP contribution in [-0.4, -0.2) is 16.3 Å². The highest BCUT2D eigenvalue weighted by Gasteiger charge is 2.50. The zero-order valence-electron chi connectivity index (χ0n) is 14.0. The highest BCUT2D eigenvalue weighted by Crippen LogP contribution is 2.47. The molecule has 0 saturated carbocycles. The van der Waals surface area contributed by atoms with Gasteiger partial charge in [0.2, 0.25) is 5.91 Å². The number of nitrogens with zero attached hydrogens (tertiary/aromatic N) is 1. The molecule has 22 heavy (non-hydrogen) atoms. The molecular weight excluding hydrogens is 270 g/mol. The molecule has 0 saturated heterocycles. The first-order valence-electron chi connectivity index (χ1n) is 8.19. The molecule has 0 unspecified atom stereocenters. The highest BCUT2D eigenvalue weighted by molar-refractivity contribution is 5.93. The second-order valence-electron chi connectivity index (χ2n) is 7.34. The van der Waals surface area contributed by atoms with Crippen LogP contribution in [0.4, 0.5) is 0 Å². The van der Waals surface area contributed by atoms with Crippen LogP contribution in [0.1, 0.15) is 51.7 Å². The fourth-order valence-corrected chi connectivity index (χ4v) is 3.91. The molecule has 0 fully saturated rings. The van der Waals surface area contributed by atoms with Crippen LogP contribution in [0.2, 0.25) is 0 Å². The van der Waals surface area contributed by atoms with Gasteiger partial charge in [-0.05, 0) is 50.7 Å². The summed E-state index contributed by atoms with van der Waals surface area (Å²) in [6.45, 7) is 8.45. The Bertz CT molecular complexity index is 650. The third-order valence-corrected chi connectivity index (χ3v) is 5.11. The van der Waals surface area contributed by atoms with E-state index in [0.717, 1.165) is 12.8 Å². The van der Waals surface area contributed by atoms with Crippen molar-refractivity contribution in [1.82, 2.24) is 4.90 Å². The van der Waals surface area contributed by atoms with Crippen molar-refractivity contribution in [3.8, 4) is 0 Å². The van der Waals surface area contributed by atoms with Gasteiger partial charge in [-0.1, -0.05) is 49.4 Å². The average molecular weight is 295 g/mol. The van der Waals surface area contributed by atoms with Crippen molar-refractivity contribution in [3.05, 3.63) is 53.7 Å². The lowest BCUT2D eigenvalue weighted by atomic mass is 9.62. The summed E-state index contributed by atoms with van der Waals surface area (Å²) in [7, 11) is 0. The molecule has 1 heterocycles. The van der Waals surface area contributed by atoms with Gasteiger partial charge in [0.25, 0.3) is 0 Å². The monoisotopic (exact) mass is 295 g/mol. The number of carbonyl (C=O) groups is 1. The second-order valence-corrected chi connectivity index (χ2v) is 7.34. The summed E-state index contributed by atoms with van der Waals surface area (Å²) in [6, 6.07) is 8.36. The molecule has 3 rings (SSSR count). The fourth-order valence-electron chi connectivity index (χ4n) is 3.91. The van der Waals surface area contributed by atoms with Crippen LogP contribution >= 0.6 is 0 Å². The number of hydrogen-bond donors (Lipinski definition) is 0. The zero-order chi connectivity index (χ0) is 16.0. The molecule has 1 aromatic carbocycles. The maximum absolute atomic E-state index is 13.6. The molecule has 2 heteroatoms. The fraction of sp³-hybridized carbons (Fsp3) is 0.450. The van der Waals surface area contributed by atoms with Crippen molar-refractivity contribution in [3.63, 3.8) is 0 Å². The van der Waals surface area contributed by atoms with Crippen molar-refractivity contribution in [2.24, 2.45) is 5.92 Å². The lowest BCUT2D eigenvalue weighted by molar-refractivity contribution is -0.140. The summed E-state index contributed by atoms with van der Waals surface area (Å²) in [5, 5.41) is 0. The first-order chi connectivity index (χ1) is 10.4. The number of rotatable bonds is 1. The van der Waals surface area contributed by atoms with Gasteiger partial charge in [0.15, 0.2) is 0 Å². The van der Waals surface area contributed by atoms with Gasteiger partial charge in [-0.15, -0.1) is 0 Å². The third kappa shape index (κ3) is 2.05. The van der Waals surface area contributed by atoms with Crippen LogP contribution in [0.5, 0.6) is 0 Å². The second kappa shape index (κ2) is 5.12. The summed E-state index contributed by atoms with van der Waals surface area (Å²) in [6.07, 6.45) is 10.3. The summed E-state index contributed by atoms with van der Waals surface area (Å²) >= 11 is 0. The Balaban J connectivity index is 2.22. The van der Waals surface area contributed by atoms with E-state index in [0.29, 0.717) is 0 Å². The first-order valence-corrected chi connectivity index (χ1v) is 8.19. The van der Waals surface area contributed by atoms with Crippen LogP contribution in [0.15, 0.2) is 42.6 Å². The summed E-state index contributed by atoms with van der Waals surface area (Å²) < 4.78 is 0. The van der Waals surface area contributed by atoms with Gasteiger partial charge in [-0.2, -0.15) is 0 Å². The van der Waals surface area contributed by atoms with Gasteiger partial charge in [0, 0.05) is 11.7 Å². The Labute approximate surface area is 133 Å². The molecule has 116 valence electrons. The number of carbonyl (C=O) groups excluding carboxylic acids is 1. The van der Waals surface area contributed by atoms with Crippen molar-refractivity contribution in [2.75, 3.05) is 0 Å². The lowest BCUT2D eigenvalue weighted by Gasteiger charge is -2.45. The molecule has 0 aromatic heterocycles. The van der Waals surface area contributed by atoms with Crippen LogP contribution in [-0.2, 0) is 10.2 Å². The van der Waals surface area contributed by atoms with E-state index >= 15 is 0 Å². The SMILES string of the molecule is CC[C@@]12C(=O)N(C(C)(C)C)C=CC[C@@H]1C=Cc1ccccc12. The molecule has 0 spiro atoms. The van der Waals surface area contributed by atoms with Crippen molar-refractivity contribution in [2.45, 2.75) is 51.5 Å². The van der Waals surface area contributed by atoms with Gasteiger partial charge >= 0.3 is 0 Å². The molecule has 2 aliphatic rings. The van der Waals surface area contributed by atoms with Crippen molar-refractivity contribution < 1.29 is 4.79 Å². The predicted octanol–water partition coefficient (Wildman–Crippen LogP) is 4.52. The summed E-state index contributed by atoms with van der Waals surface area (Å²) in [4.78, 5) is 15.5. The lowest BCUT2D eigenvalue weighted by Crippen LogP contribution is -2.54. The van der Waals surface area contributed by atoms with E-state index < -0.39 is 5.41 Å². The van der Waals surface area contributed by atoms with E-state index in [9.17, 15) is 4.79 Å². The maximum atomic E-state index is 13.6. The van der Waals surface area contributed by atoms with Gasteiger partial charge < -0.3 is 4.90 Å². The van der Waals surface area contributed by atoms with E-state index in [4.69, 9.17) is 0 Å². The van der Waals surface area contributed by atoms with E-state index in [1.807, 2.05) is 17.2 Å². The smallest absolute Gasteiger partial charge is 0.238 e. The number of fused-ring (bicyclic) bond motifs is 3. The van der Waals surface area contributed by atoms with Crippen molar-refractivity contribution >= 4 is 12.0 Å². The van der Waals surface area contributed by atoms with Gasteiger partial charge in [0.1, 0.15) is 0 Å². The van der Waals surface area contributed by atoms with Crippen molar-refractivity contribution in [1.29, 1.82) is 0 Å². The normalized spacial score (nSPS) is 27.4. The molecule has 0 N–H and O–H groups in total. The predicted molar refractivity (Wildman–Crippen MR) is 91.3 cm³/mol. The molecule has 1 amide bonds. The van der Waals surface area contributed by atoms with Crippen LogP contribution in [0.3, 0.4) is 0 Å². The Kier molecular flexibility index (Phi) is 3.51. The largest absolute Gasteiger partial charge is 0.313 e. The maximum Gasteiger partial charge on any atom is 0.238 e. The Morgan fingerprint density at radius 2 is 2.00 bits per heavy atom. The summed E-state index contributed by atoms with van der Waals surface area (Å²) in [5.41, 5.74) is 1.72. The minimum Gasteiger partial charge on any atom is -0.313 e. The molecule has 1 aromatic rings. The van der Waals surface area contributed by atoms with Gasteiger partial charge in [-0.25, -0.2) is 0 Å². The number of benzene rings is 1. The van der Waals surface area contributed by atoms with E-state index in [1.165, 1.54) is 11.1 Å². The number of amides is 1. The Morgan fingerprint density at radius 3 is 2.68 bits per heavy atom. The molecule has 2 nitrogen and oxygen atoms in total. The summed E-state index contributed by atoms with van der Waals surface area (Å²) in [5.74, 6) is 0.474. The van der Waals surface area contributed by atoms with Crippen LogP contribution < -0.4 is 0 Å². The van der Waals surface area contributed by atoms with Gasteiger partial charge in [0.05, 0.1) is 5.41 Å². The molecule has 1 aliphatic carbocycles. The standard InChI is InChI=1S/C20H25NO/c1-5-20-16(13-12-15-9-6-7-11-17(15)20)10-8-14-21(18(20)22)19(2,3)4/h6-9,11-14,16H,5,10H2,1-4H3/t16-,20-/m1/s1. The molecule has 0 bridgehead atoms. The highest BCUT2D eigenvalue weighted by atomic mass is 16.2. The molecule has 1 aliphatic heterocycles. The molecule has 2 atom stereocenters. The van der Waals surface area contributed by atoms with E-state index in [1.54, 1.807) is 0 Å². The van der Waals surface area contributed by atoms with E-state index in [2.05, 4.69) is 64.1 Å². The number of allylic oxidation sites excluding steroid dienone is 2. The first kappa shape index (κ1) is 15.1. The van der Waals surface area contributed by atoms with Gasteiger partial charge in [-0.3, -0.25) is 4.79 Å². The zero-order valence-corrected chi connectivity index (χ0v) is 14.0. The Morgan fingerprint density at radius 1 is 1.27 bits per heavy atom. The quantitative estimate of drug-likeness (QED) is 0.746. The molecular formula is C20H25NO. The Hall–Kier alpha value is -1.83. The topological polar surface area (TPSA) is 20.3 Å². The minimum absolute atomic E-state index is 0.208.